The molecule has 1 aromatic heterocycles. The van der Waals surface area contributed by atoms with E-state index in [0.717, 1.165) is 16.5 Å². The van der Waals surface area contributed by atoms with E-state index in [1.54, 1.807) is 13.2 Å². The van der Waals surface area contributed by atoms with Crippen molar-refractivity contribution in [3.8, 4) is 0 Å². The number of nitrogens with one attached hydrogen (secondary N) is 3. The van der Waals surface area contributed by atoms with Gasteiger partial charge in [-0.1, -0.05) is 12.1 Å². The molecule has 0 atom stereocenters. The molecule has 0 radical (unpaired) electrons. The fourth-order valence-electron chi connectivity index (χ4n) is 1.52. The SMILES string of the molecule is CNCC(=O)NCc1ccc2cn[nH]c2c1. The van der Waals surface area contributed by atoms with Crippen LogP contribution in [0.1, 0.15) is 5.56 Å². The summed E-state index contributed by atoms with van der Waals surface area (Å²) in [6.45, 7) is 0.877. The molecule has 0 fully saturated rings. The van der Waals surface area contributed by atoms with E-state index in [1.165, 1.54) is 0 Å². The highest BCUT2D eigenvalue weighted by molar-refractivity contribution is 5.79. The number of aromatic amines is 1. The van der Waals surface area contributed by atoms with E-state index in [0.29, 0.717) is 13.1 Å². The lowest BCUT2D eigenvalue weighted by molar-refractivity contribution is -0.120. The van der Waals surface area contributed by atoms with Gasteiger partial charge in [-0.05, 0) is 18.7 Å². The van der Waals surface area contributed by atoms with E-state index in [9.17, 15) is 4.79 Å². The smallest absolute Gasteiger partial charge is 0.234 e. The zero-order chi connectivity index (χ0) is 11.4. The van der Waals surface area contributed by atoms with Crippen molar-refractivity contribution in [2.24, 2.45) is 0 Å². The molecule has 0 bridgehead atoms. The molecule has 0 aliphatic heterocycles. The standard InChI is InChI=1S/C11H14N4O/c1-12-7-11(16)13-5-8-2-3-9-6-14-15-10(9)4-8/h2-4,6,12H,5,7H2,1H3,(H,13,16)(H,14,15). The lowest BCUT2D eigenvalue weighted by Crippen LogP contribution is -2.31. The second-order valence-corrected chi connectivity index (χ2v) is 3.60. The third-order valence-corrected chi connectivity index (χ3v) is 2.33. The maximum atomic E-state index is 11.2. The zero-order valence-electron chi connectivity index (χ0n) is 9.08. The van der Waals surface area contributed by atoms with Gasteiger partial charge >= 0.3 is 0 Å². The van der Waals surface area contributed by atoms with Crippen LogP contribution in [0, 0.1) is 0 Å². The minimum Gasteiger partial charge on any atom is -0.351 e. The number of H-pyrrole nitrogens is 1. The van der Waals surface area contributed by atoms with Gasteiger partial charge in [0.15, 0.2) is 0 Å². The first-order valence-corrected chi connectivity index (χ1v) is 5.13. The predicted octanol–water partition coefficient (Wildman–Crippen LogP) is 0.398. The average molecular weight is 218 g/mol. The number of amides is 1. The second-order valence-electron chi connectivity index (χ2n) is 3.60. The molecule has 1 aromatic carbocycles. The normalized spacial score (nSPS) is 10.6. The van der Waals surface area contributed by atoms with E-state index in [2.05, 4.69) is 20.8 Å². The summed E-state index contributed by atoms with van der Waals surface area (Å²) < 4.78 is 0. The third kappa shape index (κ3) is 2.38. The van der Waals surface area contributed by atoms with E-state index >= 15 is 0 Å². The minimum absolute atomic E-state index is 0.00722. The quantitative estimate of drug-likeness (QED) is 0.695. The van der Waals surface area contributed by atoms with Crippen LogP contribution in [-0.2, 0) is 11.3 Å². The summed E-state index contributed by atoms with van der Waals surface area (Å²) in [5, 5.41) is 13.5. The second kappa shape index (κ2) is 4.76. The molecule has 3 N–H and O–H groups in total. The summed E-state index contributed by atoms with van der Waals surface area (Å²) in [4.78, 5) is 11.2. The van der Waals surface area contributed by atoms with Crippen molar-refractivity contribution >= 4 is 16.8 Å². The molecule has 1 heterocycles. The summed E-state index contributed by atoms with van der Waals surface area (Å²) in [5.74, 6) is -0.00722. The summed E-state index contributed by atoms with van der Waals surface area (Å²) in [6.07, 6.45) is 1.78. The molecule has 2 aromatic rings. The predicted molar refractivity (Wildman–Crippen MR) is 61.9 cm³/mol. The number of hydrogen-bond donors (Lipinski definition) is 3. The Labute approximate surface area is 93.2 Å². The molecule has 5 nitrogen and oxygen atoms in total. The Morgan fingerprint density at radius 1 is 1.50 bits per heavy atom. The van der Waals surface area contributed by atoms with Crippen molar-refractivity contribution in [2.75, 3.05) is 13.6 Å². The van der Waals surface area contributed by atoms with E-state index < -0.39 is 0 Å². The van der Waals surface area contributed by atoms with Crippen LogP contribution in [0.2, 0.25) is 0 Å². The van der Waals surface area contributed by atoms with Gasteiger partial charge in [-0.15, -0.1) is 0 Å². The first kappa shape index (κ1) is 10.6. The molecule has 0 saturated carbocycles. The van der Waals surface area contributed by atoms with Gasteiger partial charge in [0.1, 0.15) is 0 Å². The molecular weight excluding hydrogens is 204 g/mol. The van der Waals surface area contributed by atoms with Crippen molar-refractivity contribution in [1.82, 2.24) is 20.8 Å². The Morgan fingerprint density at radius 3 is 3.19 bits per heavy atom. The minimum atomic E-state index is -0.00722. The molecule has 16 heavy (non-hydrogen) atoms. The number of benzene rings is 1. The first-order valence-electron chi connectivity index (χ1n) is 5.13. The molecule has 84 valence electrons. The highest BCUT2D eigenvalue weighted by atomic mass is 16.1. The number of hydrogen-bond acceptors (Lipinski definition) is 3. The molecular formula is C11H14N4O. The van der Waals surface area contributed by atoms with Gasteiger partial charge in [-0.3, -0.25) is 9.89 Å². The lowest BCUT2D eigenvalue weighted by atomic mass is 10.1. The van der Waals surface area contributed by atoms with E-state index in [-0.39, 0.29) is 5.91 Å². The summed E-state index contributed by atoms with van der Waals surface area (Å²) >= 11 is 0. The van der Waals surface area contributed by atoms with Crippen LogP contribution >= 0.6 is 0 Å². The fourth-order valence-corrected chi connectivity index (χ4v) is 1.52. The van der Waals surface area contributed by atoms with Crippen molar-refractivity contribution in [3.63, 3.8) is 0 Å². The molecule has 1 amide bonds. The van der Waals surface area contributed by atoms with Crippen LogP contribution < -0.4 is 10.6 Å². The Balaban J connectivity index is 2.01. The van der Waals surface area contributed by atoms with Gasteiger partial charge < -0.3 is 10.6 Å². The van der Waals surface area contributed by atoms with E-state index in [1.807, 2.05) is 18.2 Å². The largest absolute Gasteiger partial charge is 0.351 e. The Kier molecular flexibility index (Phi) is 3.16. The first-order chi connectivity index (χ1) is 7.79. The highest BCUT2D eigenvalue weighted by Gasteiger charge is 2.01. The van der Waals surface area contributed by atoms with Gasteiger partial charge in [0, 0.05) is 11.9 Å². The van der Waals surface area contributed by atoms with Crippen molar-refractivity contribution < 1.29 is 4.79 Å². The Morgan fingerprint density at radius 2 is 2.38 bits per heavy atom. The number of aromatic nitrogens is 2. The average Bonchev–Trinajstić information content (AvgIpc) is 2.74. The zero-order valence-corrected chi connectivity index (χ0v) is 9.08. The van der Waals surface area contributed by atoms with Gasteiger partial charge in [0.05, 0.1) is 18.3 Å². The number of likely N-dealkylation sites (N-methyl/N-ethyl adjacent to an activating group) is 1. The number of carbonyl (C=O) groups is 1. The Hall–Kier alpha value is -1.88. The topological polar surface area (TPSA) is 69.8 Å². The van der Waals surface area contributed by atoms with E-state index in [4.69, 9.17) is 0 Å². The maximum absolute atomic E-state index is 11.2. The molecule has 0 spiro atoms. The fraction of sp³-hybridized carbons (Fsp3) is 0.273. The van der Waals surface area contributed by atoms with Crippen molar-refractivity contribution in [1.29, 1.82) is 0 Å². The summed E-state index contributed by atoms with van der Waals surface area (Å²) in [7, 11) is 1.75. The van der Waals surface area contributed by atoms with Crippen LogP contribution in [-0.4, -0.2) is 29.7 Å². The number of rotatable bonds is 4. The molecule has 0 saturated heterocycles. The van der Waals surface area contributed by atoms with Crippen LogP contribution in [0.3, 0.4) is 0 Å². The van der Waals surface area contributed by atoms with Crippen molar-refractivity contribution in [3.05, 3.63) is 30.0 Å². The third-order valence-electron chi connectivity index (χ3n) is 2.33. The van der Waals surface area contributed by atoms with Crippen LogP contribution in [0.4, 0.5) is 0 Å². The molecule has 2 rings (SSSR count). The van der Waals surface area contributed by atoms with Crippen LogP contribution in [0.5, 0.6) is 0 Å². The molecule has 0 aliphatic carbocycles. The van der Waals surface area contributed by atoms with Gasteiger partial charge in [0.2, 0.25) is 5.91 Å². The number of carbonyl (C=O) groups excluding carboxylic acids is 1. The van der Waals surface area contributed by atoms with Gasteiger partial charge in [-0.25, -0.2) is 0 Å². The van der Waals surface area contributed by atoms with Crippen LogP contribution in [0.15, 0.2) is 24.4 Å². The lowest BCUT2D eigenvalue weighted by Gasteiger charge is -2.04. The number of fused-ring (bicyclic) bond motifs is 1. The Bertz CT molecular complexity index is 491. The maximum Gasteiger partial charge on any atom is 0.234 e. The van der Waals surface area contributed by atoms with Gasteiger partial charge in [0.25, 0.3) is 0 Å². The number of nitrogens with zero attached hydrogens (tertiary/aromatic N) is 1. The summed E-state index contributed by atoms with van der Waals surface area (Å²) in [5.41, 5.74) is 2.04. The molecule has 0 aliphatic rings. The highest BCUT2D eigenvalue weighted by Crippen LogP contribution is 2.12. The van der Waals surface area contributed by atoms with Gasteiger partial charge in [-0.2, -0.15) is 5.10 Å². The molecule has 5 heteroatoms. The molecule has 0 unspecified atom stereocenters. The summed E-state index contributed by atoms with van der Waals surface area (Å²) in [6, 6.07) is 5.96. The van der Waals surface area contributed by atoms with Crippen molar-refractivity contribution in [2.45, 2.75) is 6.54 Å². The van der Waals surface area contributed by atoms with Crippen LogP contribution in [0.25, 0.3) is 10.9 Å². The monoisotopic (exact) mass is 218 g/mol.